The normalized spacial score (nSPS) is 14.2. The summed E-state index contributed by atoms with van der Waals surface area (Å²) in [6.45, 7) is 5.08. The minimum atomic E-state index is -4.45. The number of halogens is 3. The standard InChI is InChI=1S/C16H17F3NO2P/c1-11-7-12(2)9-15(8-11)22-23(3,21)20-14-6-4-5-13(10-14)16(17,18)19/h4-10H,1-3H3,(H,20,21)/t23-/m0/s1. The summed E-state index contributed by atoms with van der Waals surface area (Å²) >= 11 is 0. The molecule has 0 bridgehead atoms. The van der Waals surface area contributed by atoms with Gasteiger partial charge in [0.2, 0.25) is 0 Å². The molecule has 0 aliphatic rings. The lowest BCUT2D eigenvalue weighted by molar-refractivity contribution is -0.137. The number of aryl methyl sites for hydroxylation is 2. The van der Waals surface area contributed by atoms with Crippen molar-refractivity contribution in [2.45, 2.75) is 20.0 Å². The largest absolute Gasteiger partial charge is 0.429 e. The summed E-state index contributed by atoms with van der Waals surface area (Å²) in [5.41, 5.74) is 1.17. The quantitative estimate of drug-likeness (QED) is 0.731. The van der Waals surface area contributed by atoms with Crippen LogP contribution >= 0.6 is 7.52 Å². The van der Waals surface area contributed by atoms with Crippen molar-refractivity contribution in [3.05, 3.63) is 59.2 Å². The highest BCUT2D eigenvalue weighted by Crippen LogP contribution is 2.44. The zero-order valence-corrected chi connectivity index (χ0v) is 13.8. The highest BCUT2D eigenvalue weighted by atomic mass is 31.2. The van der Waals surface area contributed by atoms with Crippen molar-refractivity contribution >= 4 is 13.2 Å². The average Bonchev–Trinajstić information content (AvgIpc) is 2.35. The van der Waals surface area contributed by atoms with Gasteiger partial charge < -0.3 is 9.61 Å². The van der Waals surface area contributed by atoms with Crippen molar-refractivity contribution in [3.8, 4) is 5.75 Å². The molecule has 0 radical (unpaired) electrons. The topological polar surface area (TPSA) is 38.3 Å². The Bertz CT molecular complexity index is 739. The second-order valence-electron chi connectivity index (χ2n) is 5.45. The monoisotopic (exact) mass is 343 g/mol. The first-order valence-corrected chi connectivity index (χ1v) is 8.93. The molecule has 0 unspecified atom stereocenters. The van der Waals surface area contributed by atoms with Crippen LogP contribution in [0, 0.1) is 13.8 Å². The zero-order valence-electron chi connectivity index (χ0n) is 12.9. The molecule has 23 heavy (non-hydrogen) atoms. The van der Waals surface area contributed by atoms with Crippen molar-refractivity contribution in [2.24, 2.45) is 0 Å². The lowest BCUT2D eigenvalue weighted by atomic mass is 10.1. The molecule has 0 amide bonds. The fourth-order valence-corrected chi connectivity index (χ4v) is 3.37. The van der Waals surface area contributed by atoms with Gasteiger partial charge in [-0.2, -0.15) is 13.2 Å². The summed E-state index contributed by atoms with van der Waals surface area (Å²) in [6.07, 6.45) is -4.45. The van der Waals surface area contributed by atoms with Crippen molar-refractivity contribution in [3.63, 3.8) is 0 Å². The molecule has 2 rings (SSSR count). The fourth-order valence-electron chi connectivity index (χ4n) is 2.21. The third-order valence-corrected chi connectivity index (χ3v) is 4.22. The third kappa shape index (κ3) is 5.03. The molecule has 0 aliphatic carbocycles. The Morgan fingerprint density at radius 2 is 1.65 bits per heavy atom. The van der Waals surface area contributed by atoms with Gasteiger partial charge in [0.25, 0.3) is 0 Å². The Balaban J connectivity index is 2.19. The number of hydrogen-bond acceptors (Lipinski definition) is 2. The highest BCUT2D eigenvalue weighted by molar-refractivity contribution is 7.60. The predicted molar refractivity (Wildman–Crippen MR) is 85.1 cm³/mol. The Labute approximate surface area is 133 Å². The first-order chi connectivity index (χ1) is 10.5. The van der Waals surface area contributed by atoms with Crippen LogP contribution in [-0.4, -0.2) is 6.66 Å². The molecular formula is C16H17F3NO2P. The molecule has 0 saturated heterocycles. The van der Waals surface area contributed by atoms with Crippen molar-refractivity contribution in [2.75, 3.05) is 11.8 Å². The van der Waals surface area contributed by atoms with Crippen LogP contribution < -0.4 is 9.61 Å². The molecule has 2 aromatic carbocycles. The summed E-state index contributed by atoms with van der Waals surface area (Å²) < 4.78 is 56.1. The minimum Gasteiger partial charge on any atom is -0.429 e. The molecule has 3 nitrogen and oxygen atoms in total. The first-order valence-electron chi connectivity index (χ1n) is 6.86. The molecule has 0 fully saturated rings. The molecule has 1 N–H and O–H groups in total. The maximum atomic E-state index is 12.7. The zero-order chi connectivity index (χ0) is 17.3. The summed E-state index contributed by atoms with van der Waals surface area (Å²) in [7, 11) is -3.37. The van der Waals surface area contributed by atoms with Crippen molar-refractivity contribution < 1.29 is 22.3 Å². The van der Waals surface area contributed by atoms with Crippen LogP contribution in [-0.2, 0) is 10.7 Å². The molecule has 7 heteroatoms. The molecule has 0 aromatic heterocycles. The molecule has 124 valence electrons. The molecule has 0 aliphatic heterocycles. The van der Waals surface area contributed by atoms with Gasteiger partial charge in [0, 0.05) is 12.4 Å². The van der Waals surface area contributed by atoms with Gasteiger partial charge in [0.05, 0.1) is 5.56 Å². The van der Waals surface area contributed by atoms with Gasteiger partial charge in [-0.15, -0.1) is 0 Å². The van der Waals surface area contributed by atoms with E-state index >= 15 is 0 Å². The Morgan fingerprint density at radius 1 is 1.04 bits per heavy atom. The van der Waals surface area contributed by atoms with Gasteiger partial charge in [-0.25, -0.2) is 0 Å². The van der Waals surface area contributed by atoms with E-state index in [1.807, 2.05) is 19.9 Å². The van der Waals surface area contributed by atoms with E-state index in [4.69, 9.17) is 4.52 Å². The predicted octanol–water partition coefficient (Wildman–Crippen LogP) is 5.64. The first kappa shape index (κ1) is 17.4. The molecule has 0 heterocycles. The number of rotatable bonds is 4. The smallest absolute Gasteiger partial charge is 0.416 e. The fraction of sp³-hybridized carbons (Fsp3) is 0.250. The minimum absolute atomic E-state index is 0.0926. The lowest BCUT2D eigenvalue weighted by Crippen LogP contribution is -2.07. The molecule has 1 atom stereocenters. The van der Waals surface area contributed by atoms with E-state index in [-0.39, 0.29) is 5.69 Å². The number of alkyl halides is 3. The third-order valence-electron chi connectivity index (χ3n) is 3.00. The van der Waals surface area contributed by atoms with Gasteiger partial charge in [-0.05, 0) is 55.3 Å². The van der Waals surface area contributed by atoms with Crippen LogP contribution in [0.3, 0.4) is 0 Å². The van der Waals surface area contributed by atoms with E-state index in [2.05, 4.69) is 5.09 Å². The summed E-state index contributed by atoms with van der Waals surface area (Å²) in [5, 5.41) is 2.55. The second-order valence-corrected chi connectivity index (χ2v) is 7.55. The van der Waals surface area contributed by atoms with Crippen LogP contribution in [0.15, 0.2) is 42.5 Å². The molecule has 2 aromatic rings. The Kier molecular flexibility index (Phi) is 4.76. The van der Waals surface area contributed by atoms with Gasteiger partial charge in [-0.1, -0.05) is 12.1 Å². The maximum absolute atomic E-state index is 12.7. The highest BCUT2D eigenvalue weighted by Gasteiger charge is 2.31. The van der Waals surface area contributed by atoms with Crippen molar-refractivity contribution in [1.29, 1.82) is 0 Å². The van der Waals surface area contributed by atoms with Crippen LogP contribution in [0.1, 0.15) is 16.7 Å². The maximum Gasteiger partial charge on any atom is 0.416 e. The van der Waals surface area contributed by atoms with E-state index in [0.717, 1.165) is 23.3 Å². The molecule has 0 spiro atoms. The van der Waals surface area contributed by atoms with Crippen LogP contribution in [0.25, 0.3) is 0 Å². The van der Waals surface area contributed by atoms with E-state index in [0.29, 0.717) is 5.75 Å². The lowest BCUT2D eigenvalue weighted by Gasteiger charge is -2.19. The SMILES string of the molecule is Cc1cc(C)cc(O[P@](C)(=O)Nc2cccc(C(F)(F)F)c2)c1. The molecular weight excluding hydrogens is 326 g/mol. The number of hydrogen-bond donors (Lipinski definition) is 1. The van der Waals surface area contributed by atoms with E-state index < -0.39 is 19.3 Å². The van der Waals surface area contributed by atoms with Gasteiger partial charge in [-0.3, -0.25) is 4.57 Å². The van der Waals surface area contributed by atoms with Gasteiger partial charge in [0.15, 0.2) is 0 Å². The Morgan fingerprint density at radius 3 is 2.22 bits per heavy atom. The summed E-state index contributed by atoms with van der Waals surface area (Å²) in [4.78, 5) is 0. The van der Waals surface area contributed by atoms with Gasteiger partial charge in [0.1, 0.15) is 5.75 Å². The summed E-state index contributed by atoms with van der Waals surface area (Å²) in [5.74, 6) is 0.410. The van der Waals surface area contributed by atoms with Crippen LogP contribution in [0.2, 0.25) is 0 Å². The number of anilines is 1. The Hall–Kier alpha value is -1.94. The van der Waals surface area contributed by atoms with Gasteiger partial charge >= 0.3 is 13.7 Å². The average molecular weight is 343 g/mol. The van der Waals surface area contributed by atoms with Crippen molar-refractivity contribution in [1.82, 2.24) is 0 Å². The van der Waals surface area contributed by atoms with Crippen LogP contribution in [0.5, 0.6) is 5.75 Å². The summed E-state index contributed by atoms with van der Waals surface area (Å²) in [6, 6.07) is 9.90. The van der Waals surface area contributed by atoms with E-state index in [1.165, 1.54) is 18.8 Å². The van der Waals surface area contributed by atoms with Crippen LogP contribution in [0.4, 0.5) is 18.9 Å². The number of benzene rings is 2. The number of nitrogens with one attached hydrogen (secondary N) is 1. The van der Waals surface area contributed by atoms with E-state index in [1.54, 1.807) is 12.1 Å². The second kappa shape index (κ2) is 6.28. The van der Waals surface area contributed by atoms with E-state index in [9.17, 15) is 17.7 Å². The molecule has 0 saturated carbocycles.